The maximum Gasteiger partial charge on any atom is 0.259 e. The number of pyridine rings is 1. The van der Waals surface area contributed by atoms with Crippen molar-refractivity contribution in [1.82, 2.24) is 14.8 Å². The number of aromatic amines is 1. The van der Waals surface area contributed by atoms with Crippen LogP contribution in [0.4, 0.5) is 0 Å². The van der Waals surface area contributed by atoms with Gasteiger partial charge in [0.25, 0.3) is 5.91 Å². The second-order valence-electron chi connectivity index (χ2n) is 5.67. The van der Waals surface area contributed by atoms with Crippen molar-refractivity contribution >= 4 is 11.8 Å². The number of hydrogen-bond acceptors (Lipinski definition) is 3. The van der Waals surface area contributed by atoms with Gasteiger partial charge in [-0.1, -0.05) is 13.8 Å². The predicted octanol–water partition coefficient (Wildman–Crippen LogP) is 0.624. The van der Waals surface area contributed by atoms with E-state index in [1.807, 2.05) is 13.8 Å². The minimum atomic E-state index is -0.270. The van der Waals surface area contributed by atoms with Crippen molar-refractivity contribution in [1.29, 1.82) is 0 Å². The summed E-state index contributed by atoms with van der Waals surface area (Å²) in [6, 6.07) is 1.42. The van der Waals surface area contributed by atoms with Crippen LogP contribution < -0.4 is 5.43 Å². The molecule has 0 atom stereocenters. The Kier molecular flexibility index (Phi) is 4.45. The van der Waals surface area contributed by atoms with Crippen LogP contribution in [0.25, 0.3) is 0 Å². The number of carbonyl (C=O) groups excluding carboxylic acids is 2. The fourth-order valence-corrected chi connectivity index (χ4v) is 2.41. The molecule has 0 aliphatic carbocycles. The molecule has 1 saturated heterocycles. The van der Waals surface area contributed by atoms with Crippen LogP contribution in [0.5, 0.6) is 0 Å². The van der Waals surface area contributed by atoms with E-state index in [4.69, 9.17) is 0 Å². The van der Waals surface area contributed by atoms with E-state index in [9.17, 15) is 14.4 Å². The third-order valence-electron chi connectivity index (χ3n) is 3.66. The fourth-order valence-electron chi connectivity index (χ4n) is 2.41. The predicted molar refractivity (Wildman–Crippen MR) is 79.1 cm³/mol. The molecule has 0 aromatic carbocycles. The monoisotopic (exact) mass is 291 g/mol. The minimum Gasteiger partial charge on any atom is -0.364 e. The molecule has 2 heterocycles. The molecule has 1 aliphatic heterocycles. The van der Waals surface area contributed by atoms with Gasteiger partial charge in [-0.25, -0.2) is 0 Å². The summed E-state index contributed by atoms with van der Waals surface area (Å²) < 4.78 is 0. The number of nitrogens with one attached hydrogen (secondary N) is 1. The number of piperazine rings is 1. The van der Waals surface area contributed by atoms with Gasteiger partial charge in [-0.3, -0.25) is 14.4 Å². The van der Waals surface area contributed by atoms with Crippen molar-refractivity contribution in [2.45, 2.75) is 20.8 Å². The summed E-state index contributed by atoms with van der Waals surface area (Å²) in [5.74, 6) is -0.199. The molecule has 2 amide bonds. The smallest absolute Gasteiger partial charge is 0.259 e. The first-order valence-corrected chi connectivity index (χ1v) is 7.17. The molecule has 1 fully saturated rings. The molecular formula is C15H21N3O3. The van der Waals surface area contributed by atoms with E-state index in [0.29, 0.717) is 26.2 Å². The molecule has 6 nitrogen and oxygen atoms in total. The molecule has 114 valence electrons. The van der Waals surface area contributed by atoms with Gasteiger partial charge in [0.1, 0.15) is 5.56 Å². The number of amides is 2. The van der Waals surface area contributed by atoms with Crippen LogP contribution in [0.2, 0.25) is 0 Å². The number of nitrogens with zero attached hydrogens (tertiary/aromatic N) is 2. The molecule has 2 rings (SSSR count). The van der Waals surface area contributed by atoms with Crippen LogP contribution in [-0.4, -0.2) is 52.8 Å². The van der Waals surface area contributed by atoms with E-state index in [1.54, 1.807) is 16.7 Å². The van der Waals surface area contributed by atoms with E-state index >= 15 is 0 Å². The second-order valence-corrected chi connectivity index (χ2v) is 5.67. The van der Waals surface area contributed by atoms with Gasteiger partial charge >= 0.3 is 0 Å². The van der Waals surface area contributed by atoms with Gasteiger partial charge < -0.3 is 14.8 Å². The Morgan fingerprint density at radius 1 is 1.14 bits per heavy atom. The maximum absolute atomic E-state index is 12.3. The number of carbonyl (C=O) groups is 2. The lowest BCUT2D eigenvalue weighted by molar-refractivity contribution is -0.135. The summed E-state index contributed by atoms with van der Waals surface area (Å²) in [7, 11) is 0. The van der Waals surface area contributed by atoms with Gasteiger partial charge in [-0.2, -0.15) is 0 Å². The highest BCUT2D eigenvalue weighted by Crippen LogP contribution is 2.09. The molecule has 0 bridgehead atoms. The number of H-pyrrole nitrogens is 1. The van der Waals surface area contributed by atoms with Gasteiger partial charge in [0.05, 0.1) is 0 Å². The summed E-state index contributed by atoms with van der Waals surface area (Å²) in [6.45, 7) is 7.47. The molecule has 1 aliphatic rings. The molecule has 0 unspecified atom stereocenters. The van der Waals surface area contributed by atoms with E-state index in [0.717, 1.165) is 5.69 Å². The van der Waals surface area contributed by atoms with Crippen LogP contribution in [-0.2, 0) is 4.79 Å². The molecule has 21 heavy (non-hydrogen) atoms. The van der Waals surface area contributed by atoms with Crippen LogP contribution in [0.1, 0.15) is 29.9 Å². The number of aromatic nitrogens is 1. The summed E-state index contributed by atoms with van der Waals surface area (Å²) in [4.78, 5) is 42.4. The van der Waals surface area contributed by atoms with Crippen molar-refractivity contribution in [2.75, 3.05) is 26.2 Å². The average Bonchev–Trinajstić information content (AvgIpc) is 2.46. The molecule has 0 saturated carbocycles. The summed E-state index contributed by atoms with van der Waals surface area (Å²) in [6.07, 6.45) is 1.46. The van der Waals surface area contributed by atoms with E-state index in [2.05, 4.69) is 4.98 Å². The first-order chi connectivity index (χ1) is 9.90. The number of rotatable bonds is 2. The van der Waals surface area contributed by atoms with Crippen molar-refractivity contribution in [3.8, 4) is 0 Å². The third-order valence-corrected chi connectivity index (χ3v) is 3.66. The molecule has 1 N–H and O–H groups in total. The zero-order chi connectivity index (χ0) is 15.6. The van der Waals surface area contributed by atoms with Gasteiger partial charge in [0, 0.05) is 50.1 Å². The zero-order valence-electron chi connectivity index (χ0n) is 12.7. The minimum absolute atomic E-state index is 0.0350. The quantitative estimate of drug-likeness (QED) is 0.868. The highest BCUT2D eigenvalue weighted by atomic mass is 16.2. The van der Waals surface area contributed by atoms with Gasteiger partial charge in [-0.05, 0) is 6.92 Å². The Morgan fingerprint density at radius 3 is 2.24 bits per heavy atom. The highest BCUT2D eigenvalue weighted by molar-refractivity contribution is 5.94. The number of aryl methyl sites for hydroxylation is 1. The highest BCUT2D eigenvalue weighted by Gasteiger charge is 2.26. The normalized spacial score (nSPS) is 15.4. The summed E-state index contributed by atoms with van der Waals surface area (Å²) >= 11 is 0. The largest absolute Gasteiger partial charge is 0.364 e. The van der Waals surface area contributed by atoms with Crippen LogP contribution in [0, 0.1) is 12.8 Å². The van der Waals surface area contributed by atoms with Crippen molar-refractivity contribution in [3.63, 3.8) is 0 Å². The lowest BCUT2D eigenvalue weighted by atomic mass is 10.1. The SMILES string of the molecule is Cc1cc(=O)c(C(=O)N2CCN(C(=O)C(C)C)CC2)c[nH]1. The second kappa shape index (κ2) is 6.11. The Balaban J connectivity index is 2.03. The molecule has 1 aromatic heterocycles. The van der Waals surface area contributed by atoms with Crippen molar-refractivity contribution < 1.29 is 9.59 Å². The van der Waals surface area contributed by atoms with Gasteiger partial charge in [0.2, 0.25) is 5.91 Å². The van der Waals surface area contributed by atoms with Crippen molar-refractivity contribution in [2.24, 2.45) is 5.92 Å². The molecule has 0 radical (unpaired) electrons. The van der Waals surface area contributed by atoms with Gasteiger partial charge in [-0.15, -0.1) is 0 Å². The Bertz CT molecular complexity index is 598. The lowest BCUT2D eigenvalue weighted by Gasteiger charge is -2.35. The Hall–Kier alpha value is -2.11. The van der Waals surface area contributed by atoms with E-state index in [1.165, 1.54) is 12.3 Å². The maximum atomic E-state index is 12.3. The fraction of sp³-hybridized carbons (Fsp3) is 0.533. The van der Waals surface area contributed by atoms with E-state index in [-0.39, 0.29) is 28.7 Å². The summed E-state index contributed by atoms with van der Waals surface area (Å²) in [5, 5.41) is 0. The third kappa shape index (κ3) is 3.32. The van der Waals surface area contributed by atoms with Crippen LogP contribution in [0.3, 0.4) is 0 Å². The average molecular weight is 291 g/mol. The van der Waals surface area contributed by atoms with Gasteiger partial charge in [0.15, 0.2) is 5.43 Å². The topological polar surface area (TPSA) is 73.5 Å². The van der Waals surface area contributed by atoms with Crippen LogP contribution in [0.15, 0.2) is 17.1 Å². The first kappa shape index (κ1) is 15.3. The summed E-state index contributed by atoms with van der Waals surface area (Å²) in [5.41, 5.74) is 0.616. The molecule has 1 aromatic rings. The lowest BCUT2D eigenvalue weighted by Crippen LogP contribution is -2.52. The molecular weight excluding hydrogens is 270 g/mol. The zero-order valence-corrected chi connectivity index (χ0v) is 12.7. The van der Waals surface area contributed by atoms with Crippen LogP contribution >= 0.6 is 0 Å². The molecule has 6 heteroatoms. The first-order valence-electron chi connectivity index (χ1n) is 7.17. The molecule has 0 spiro atoms. The standard InChI is InChI=1S/C15H21N3O3/c1-10(2)14(20)17-4-6-18(7-5-17)15(21)12-9-16-11(3)8-13(12)19/h8-10H,4-7H2,1-3H3,(H,16,19). The Labute approximate surface area is 123 Å². The number of hydrogen-bond donors (Lipinski definition) is 1. The van der Waals surface area contributed by atoms with Crippen molar-refractivity contribution in [3.05, 3.63) is 33.7 Å². The van der Waals surface area contributed by atoms with E-state index < -0.39 is 0 Å². The Morgan fingerprint density at radius 2 is 1.71 bits per heavy atom.